The van der Waals surface area contributed by atoms with Crippen molar-refractivity contribution in [3.05, 3.63) is 32.4 Å². The first-order valence-electron chi connectivity index (χ1n) is 10.8. The number of carbonyl (C=O) groups excluding carboxylic acids is 2. The van der Waals surface area contributed by atoms with Crippen molar-refractivity contribution >= 4 is 58.1 Å². The van der Waals surface area contributed by atoms with Gasteiger partial charge in [0.1, 0.15) is 22.8 Å². The van der Waals surface area contributed by atoms with Gasteiger partial charge in [0, 0.05) is 18.9 Å². The maximum atomic E-state index is 12.1. The summed E-state index contributed by atoms with van der Waals surface area (Å²) in [5, 5.41) is 48.2. The Balaban J connectivity index is 3.54. The normalized spacial score (nSPS) is 11.3. The van der Waals surface area contributed by atoms with Crippen LogP contribution in [0.3, 0.4) is 0 Å². The van der Waals surface area contributed by atoms with Gasteiger partial charge in [-0.1, -0.05) is 0 Å². The van der Waals surface area contributed by atoms with Gasteiger partial charge < -0.3 is 19.7 Å². The Bertz CT molecular complexity index is 1080. The Kier molecular flexibility index (Phi) is 12.2. The third-order valence-corrected chi connectivity index (χ3v) is 4.30. The number of hydrogen-bond donors (Lipinski definition) is 4. The molecule has 0 fully saturated rings. The molecular formula is C20H24N6O12. The van der Waals surface area contributed by atoms with Crippen molar-refractivity contribution in [1.82, 2.24) is 0 Å². The number of carboxylic acid groups (broad SMARTS) is 2. The van der Waals surface area contributed by atoms with E-state index in [2.05, 4.69) is 21.1 Å². The lowest BCUT2D eigenvalue weighted by atomic mass is 10.2. The van der Waals surface area contributed by atoms with E-state index in [1.165, 1.54) is 13.8 Å². The summed E-state index contributed by atoms with van der Waals surface area (Å²) >= 11 is 0. The van der Waals surface area contributed by atoms with Crippen molar-refractivity contribution in [1.29, 1.82) is 0 Å². The predicted molar refractivity (Wildman–Crippen MR) is 129 cm³/mol. The van der Waals surface area contributed by atoms with Crippen molar-refractivity contribution < 1.29 is 48.7 Å². The number of ether oxygens (including phenoxy) is 2. The molecule has 18 nitrogen and oxygen atoms in total. The molecule has 18 heteroatoms. The van der Waals surface area contributed by atoms with Crippen LogP contribution in [0.15, 0.2) is 22.3 Å². The molecule has 0 saturated heterocycles. The van der Waals surface area contributed by atoms with Crippen LogP contribution in [0.2, 0.25) is 0 Å². The van der Waals surface area contributed by atoms with E-state index >= 15 is 0 Å². The molecule has 0 aromatic heterocycles. The Morgan fingerprint density at radius 3 is 1.42 bits per heavy atom. The van der Waals surface area contributed by atoms with E-state index in [9.17, 15) is 39.4 Å². The molecule has 1 aromatic carbocycles. The maximum absolute atomic E-state index is 12.1. The quantitative estimate of drug-likeness (QED) is 0.101. The van der Waals surface area contributed by atoms with E-state index in [1.807, 2.05) is 0 Å². The number of benzene rings is 1. The highest BCUT2D eigenvalue weighted by Gasteiger charge is 2.26. The zero-order chi connectivity index (χ0) is 28.8. The summed E-state index contributed by atoms with van der Waals surface area (Å²) in [6.45, 7) is 2.83. The number of anilines is 2. The van der Waals surface area contributed by atoms with E-state index < -0.39 is 93.6 Å². The van der Waals surface area contributed by atoms with Gasteiger partial charge in [-0.05, 0) is 13.8 Å². The van der Waals surface area contributed by atoms with Crippen LogP contribution in [0.4, 0.5) is 22.7 Å². The second-order valence-electron chi connectivity index (χ2n) is 6.97. The largest absolute Gasteiger partial charge is 0.481 e. The smallest absolute Gasteiger partial charge is 0.354 e. The van der Waals surface area contributed by atoms with Gasteiger partial charge in [0.05, 0.1) is 42.0 Å². The van der Waals surface area contributed by atoms with Crippen LogP contribution < -0.4 is 10.9 Å². The van der Waals surface area contributed by atoms with Gasteiger partial charge in [-0.25, -0.2) is 9.59 Å². The summed E-state index contributed by atoms with van der Waals surface area (Å²) in [7, 11) is 0. The molecule has 0 unspecified atom stereocenters. The number of nitrogens with zero attached hydrogens (tertiary/aromatic N) is 4. The molecule has 206 valence electrons. The lowest BCUT2D eigenvalue weighted by molar-refractivity contribution is -0.393. The van der Waals surface area contributed by atoms with Crippen molar-refractivity contribution in [2.24, 2.45) is 10.2 Å². The van der Waals surface area contributed by atoms with Crippen LogP contribution in [0.5, 0.6) is 0 Å². The molecule has 4 N–H and O–H groups in total. The van der Waals surface area contributed by atoms with Crippen molar-refractivity contribution in [2.75, 3.05) is 24.1 Å². The van der Waals surface area contributed by atoms with Crippen molar-refractivity contribution in [2.45, 2.75) is 39.5 Å². The number of carbonyl (C=O) groups is 4. The minimum Gasteiger partial charge on any atom is -0.481 e. The molecule has 38 heavy (non-hydrogen) atoms. The highest BCUT2D eigenvalue weighted by molar-refractivity contribution is 6.37. The van der Waals surface area contributed by atoms with Crippen molar-refractivity contribution in [3.63, 3.8) is 0 Å². The number of aliphatic carboxylic acids is 2. The highest BCUT2D eigenvalue weighted by atomic mass is 16.6. The first-order chi connectivity index (χ1) is 17.9. The molecule has 1 rings (SSSR count). The van der Waals surface area contributed by atoms with Gasteiger partial charge in [0.2, 0.25) is 0 Å². The molecule has 0 aliphatic rings. The number of carboxylic acids is 2. The monoisotopic (exact) mass is 540 g/mol. The first-order valence-corrected chi connectivity index (χ1v) is 10.8. The summed E-state index contributed by atoms with van der Waals surface area (Å²) in [5.74, 6) is -4.50. The third-order valence-electron chi connectivity index (χ3n) is 4.30. The zero-order valence-electron chi connectivity index (χ0n) is 20.2. The number of nitrogens with one attached hydrogen (secondary N) is 2. The number of esters is 2. The van der Waals surface area contributed by atoms with Crippen LogP contribution in [-0.4, -0.2) is 68.6 Å². The molecule has 0 spiro atoms. The van der Waals surface area contributed by atoms with Gasteiger partial charge in [-0.2, -0.15) is 10.2 Å². The Hall–Kier alpha value is -5.16. The van der Waals surface area contributed by atoms with E-state index in [0.717, 1.165) is 6.07 Å². The number of hydrogen-bond acceptors (Lipinski definition) is 14. The fourth-order valence-electron chi connectivity index (χ4n) is 2.60. The molecule has 0 amide bonds. The second-order valence-corrected chi connectivity index (χ2v) is 6.97. The molecule has 0 saturated carbocycles. The maximum Gasteiger partial charge on any atom is 0.354 e. The van der Waals surface area contributed by atoms with Crippen LogP contribution in [0, 0.1) is 20.2 Å². The average molecular weight is 540 g/mol. The molecule has 0 bridgehead atoms. The summed E-state index contributed by atoms with van der Waals surface area (Å²) < 4.78 is 9.56. The molecule has 0 heterocycles. The van der Waals surface area contributed by atoms with Crippen LogP contribution in [0.25, 0.3) is 0 Å². The summed E-state index contributed by atoms with van der Waals surface area (Å²) in [5.41, 5.74) is 0.941. The highest BCUT2D eigenvalue weighted by Crippen LogP contribution is 2.36. The number of nitro benzene ring substituents is 2. The first kappa shape index (κ1) is 30.9. The number of nitro groups is 2. The molecule has 0 aliphatic carbocycles. The van der Waals surface area contributed by atoms with Gasteiger partial charge in [-0.15, -0.1) is 0 Å². The summed E-state index contributed by atoms with van der Waals surface area (Å²) in [6.07, 6.45) is -1.83. The van der Waals surface area contributed by atoms with Gasteiger partial charge in [0.15, 0.2) is 0 Å². The lowest BCUT2D eigenvalue weighted by Gasteiger charge is -2.10. The average Bonchev–Trinajstić information content (AvgIpc) is 2.83. The van der Waals surface area contributed by atoms with Crippen LogP contribution >= 0.6 is 0 Å². The lowest BCUT2D eigenvalue weighted by Crippen LogP contribution is -2.20. The fraction of sp³-hybridized carbons (Fsp3) is 0.400. The van der Waals surface area contributed by atoms with E-state index in [1.54, 1.807) is 0 Å². The van der Waals surface area contributed by atoms with Gasteiger partial charge in [-0.3, -0.25) is 40.7 Å². The molecule has 0 radical (unpaired) electrons. The number of rotatable bonds is 16. The van der Waals surface area contributed by atoms with Crippen LogP contribution in [0.1, 0.15) is 39.5 Å². The van der Waals surface area contributed by atoms with Gasteiger partial charge >= 0.3 is 35.3 Å². The molecular weight excluding hydrogens is 516 g/mol. The Labute approximate surface area is 213 Å². The molecule has 0 atom stereocenters. The summed E-state index contributed by atoms with van der Waals surface area (Å²) in [6, 6.07) is 1.39. The van der Waals surface area contributed by atoms with E-state index in [4.69, 9.17) is 19.7 Å². The van der Waals surface area contributed by atoms with E-state index in [-0.39, 0.29) is 13.2 Å². The fourth-order valence-corrected chi connectivity index (χ4v) is 2.60. The molecule has 1 aromatic rings. The van der Waals surface area contributed by atoms with E-state index in [0.29, 0.717) is 6.07 Å². The minimum absolute atomic E-state index is 0.0701. The topological polar surface area (TPSA) is 262 Å². The Morgan fingerprint density at radius 1 is 0.763 bits per heavy atom. The number of hydrazone groups is 2. The minimum atomic E-state index is -1.26. The summed E-state index contributed by atoms with van der Waals surface area (Å²) in [4.78, 5) is 67.1. The Morgan fingerprint density at radius 2 is 1.13 bits per heavy atom. The van der Waals surface area contributed by atoms with Crippen LogP contribution in [-0.2, 0) is 28.7 Å². The van der Waals surface area contributed by atoms with Crippen molar-refractivity contribution in [3.8, 4) is 0 Å². The standard InChI is InChI=1S/C20H24N6O12/c1-3-37-19(31)11(5-7-17(27)28)21-23-13-9-14(16(26(35)36)10-15(13)25(33)34)24-22-12(6-8-18(29)30)20(32)38-4-2/h9-10,23-24H,3-8H2,1-2H3,(H,27,28)(H,29,30)/b21-11-,22-12+. The molecule has 0 aliphatic heterocycles. The third kappa shape index (κ3) is 9.84. The second kappa shape index (κ2) is 15.1. The predicted octanol–water partition coefficient (Wildman–Crippen LogP) is 1.89. The SMILES string of the molecule is CCOC(=O)/C(CCC(=O)O)=N\Nc1cc(N/N=C(\CCC(=O)O)C(=O)OCC)c([N+](=O)[O-])cc1[N+](=O)[O-]. The van der Waals surface area contributed by atoms with Gasteiger partial charge in [0.25, 0.3) is 0 Å². The zero-order valence-corrected chi connectivity index (χ0v) is 20.2.